The van der Waals surface area contributed by atoms with Crippen LogP contribution in [0.15, 0.2) is 18.3 Å². The summed E-state index contributed by atoms with van der Waals surface area (Å²) in [7, 11) is 0. The van der Waals surface area contributed by atoms with Crippen LogP contribution in [0.4, 0.5) is 0 Å². The van der Waals surface area contributed by atoms with Crippen molar-refractivity contribution in [2.24, 2.45) is 5.92 Å². The van der Waals surface area contributed by atoms with Gasteiger partial charge in [0, 0.05) is 6.20 Å². The maximum atomic E-state index is 10.2. The quantitative estimate of drug-likeness (QED) is 0.774. The summed E-state index contributed by atoms with van der Waals surface area (Å²) < 4.78 is 0. The minimum absolute atomic E-state index is 0.405. The predicted molar refractivity (Wildman–Crippen MR) is 71.9 cm³/mol. The molecule has 0 saturated carbocycles. The van der Waals surface area contributed by atoms with Gasteiger partial charge in [0.2, 0.25) is 0 Å². The Morgan fingerprint density at radius 1 is 1.35 bits per heavy atom. The van der Waals surface area contributed by atoms with Crippen molar-refractivity contribution < 1.29 is 5.11 Å². The first kappa shape index (κ1) is 14.2. The highest BCUT2D eigenvalue weighted by Gasteiger charge is 2.16. The lowest BCUT2D eigenvalue weighted by Gasteiger charge is -2.19. The number of nitrogens with zero attached hydrogens (tertiary/aromatic N) is 1. The monoisotopic (exact) mass is 235 g/mol. The zero-order valence-corrected chi connectivity index (χ0v) is 11.3. The third-order valence-corrected chi connectivity index (χ3v) is 3.47. The van der Waals surface area contributed by atoms with Crippen LogP contribution in [0.5, 0.6) is 0 Å². The summed E-state index contributed by atoms with van der Waals surface area (Å²) in [6, 6.07) is 3.93. The molecule has 0 spiro atoms. The highest BCUT2D eigenvalue weighted by Crippen LogP contribution is 2.26. The standard InChI is InChI=1S/C15H25NO/c1-4-6-9-13(5-2)11-14(17)15-12(3)8-7-10-16-15/h7-8,10,13-14,17H,4-6,9,11H2,1-3H3. The Kier molecular flexibility index (Phi) is 6.20. The van der Waals surface area contributed by atoms with E-state index >= 15 is 0 Å². The van der Waals surface area contributed by atoms with Crippen LogP contribution in [0, 0.1) is 12.8 Å². The van der Waals surface area contributed by atoms with E-state index in [1.54, 1.807) is 6.20 Å². The molecule has 0 aliphatic rings. The Labute approximate surface area is 105 Å². The number of aryl methyl sites for hydroxylation is 1. The smallest absolute Gasteiger partial charge is 0.0965 e. The first-order chi connectivity index (χ1) is 8.19. The number of hydrogen-bond donors (Lipinski definition) is 1. The molecule has 17 heavy (non-hydrogen) atoms. The molecule has 1 rings (SSSR count). The van der Waals surface area contributed by atoms with E-state index < -0.39 is 6.10 Å². The molecule has 1 N–H and O–H groups in total. The molecule has 0 radical (unpaired) electrons. The second kappa shape index (κ2) is 7.44. The lowest BCUT2D eigenvalue weighted by atomic mass is 9.91. The van der Waals surface area contributed by atoms with Crippen LogP contribution < -0.4 is 0 Å². The Morgan fingerprint density at radius 2 is 2.12 bits per heavy atom. The van der Waals surface area contributed by atoms with Gasteiger partial charge in [0.05, 0.1) is 11.8 Å². The average molecular weight is 235 g/mol. The van der Waals surface area contributed by atoms with Gasteiger partial charge in [0.25, 0.3) is 0 Å². The van der Waals surface area contributed by atoms with Gasteiger partial charge in [0.1, 0.15) is 0 Å². The maximum Gasteiger partial charge on any atom is 0.0965 e. The molecule has 1 aromatic heterocycles. The van der Waals surface area contributed by atoms with Crippen molar-refractivity contribution in [3.63, 3.8) is 0 Å². The zero-order valence-electron chi connectivity index (χ0n) is 11.3. The fraction of sp³-hybridized carbons (Fsp3) is 0.667. The number of aliphatic hydroxyl groups excluding tert-OH is 1. The van der Waals surface area contributed by atoms with Crippen molar-refractivity contribution >= 4 is 0 Å². The van der Waals surface area contributed by atoms with Gasteiger partial charge in [-0.05, 0) is 30.9 Å². The van der Waals surface area contributed by atoms with Gasteiger partial charge in [-0.2, -0.15) is 0 Å². The first-order valence-electron chi connectivity index (χ1n) is 6.78. The zero-order chi connectivity index (χ0) is 12.7. The van der Waals surface area contributed by atoms with Crippen LogP contribution in [0.3, 0.4) is 0 Å². The van der Waals surface area contributed by atoms with Crippen molar-refractivity contribution in [3.8, 4) is 0 Å². The average Bonchev–Trinajstić information content (AvgIpc) is 2.34. The molecule has 0 amide bonds. The van der Waals surface area contributed by atoms with Crippen molar-refractivity contribution in [1.29, 1.82) is 0 Å². The van der Waals surface area contributed by atoms with Gasteiger partial charge in [-0.3, -0.25) is 4.98 Å². The van der Waals surface area contributed by atoms with Crippen molar-refractivity contribution in [1.82, 2.24) is 4.98 Å². The third-order valence-electron chi connectivity index (χ3n) is 3.47. The van der Waals surface area contributed by atoms with E-state index in [2.05, 4.69) is 18.8 Å². The Morgan fingerprint density at radius 3 is 2.71 bits per heavy atom. The molecule has 0 fully saturated rings. The SMILES string of the molecule is CCCCC(CC)CC(O)c1ncccc1C. The van der Waals surface area contributed by atoms with Crippen LogP contribution in [0.25, 0.3) is 0 Å². The third kappa shape index (κ3) is 4.47. The van der Waals surface area contributed by atoms with Crippen LogP contribution in [-0.4, -0.2) is 10.1 Å². The fourth-order valence-corrected chi connectivity index (χ4v) is 2.26. The largest absolute Gasteiger partial charge is 0.387 e. The molecule has 2 unspecified atom stereocenters. The summed E-state index contributed by atoms with van der Waals surface area (Å²) in [6.07, 6.45) is 7.05. The summed E-state index contributed by atoms with van der Waals surface area (Å²) in [5, 5.41) is 10.2. The van der Waals surface area contributed by atoms with E-state index in [1.807, 2.05) is 19.1 Å². The maximum absolute atomic E-state index is 10.2. The molecule has 1 heterocycles. The van der Waals surface area contributed by atoms with Crippen molar-refractivity contribution in [3.05, 3.63) is 29.6 Å². The molecule has 96 valence electrons. The van der Waals surface area contributed by atoms with Gasteiger partial charge in [-0.15, -0.1) is 0 Å². The van der Waals surface area contributed by atoms with Crippen molar-refractivity contribution in [2.45, 2.75) is 59.0 Å². The van der Waals surface area contributed by atoms with Crippen LogP contribution in [0.2, 0.25) is 0 Å². The number of aliphatic hydroxyl groups is 1. The number of rotatable bonds is 7. The summed E-state index contributed by atoms with van der Waals surface area (Å²) in [4.78, 5) is 4.30. The number of hydrogen-bond acceptors (Lipinski definition) is 2. The second-order valence-corrected chi connectivity index (χ2v) is 4.87. The molecule has 0 saturated heterocycles. The van der Waals surface area contributed by atoms with Crippen LogP contribution >= 0.6 is 0 Å². The molecule has 2 heteroatoms. The van der Waals surface area contributed by atoms with E-state index in [0.29, 0.717) is 5.92 Å². The summed E-state index contributed by atoms with van der Waals surface area (Å²) in [5.41, 5.74) is 1.94. The summed E-state index contributed by atoms with van der Waals surface area (Å²) in [6.45, 7) is 6.43. The first-order valence-corrected chi connectivity index (χ1v) is 6.78. The van der Waals surface area contributed by atoms with E-state index in [9.17, 15) is 5.11 Å². The topological polar surface area (TPSA) is 33.1 Å². The lowest BCUT2D eigenvalue weighted by Crippen LogP contribution is -2.09. The number of unbranched alkanes of at least 4 members (excludes halogenated alkanes) is 1. The van der Waals surface area contributed by atoms with Gasteiger partial charge in [-0.25, -0.2) is 0 Å². The lowest BCUT2D eigenvalue weighted by molar-refractivity contribution is 0.134. The normalized spacial score (nSPS) is 14.6. The molecule has 2 atom stereocenters. The molecule has 2 nitrogen and oxygen atoms in total. The molecular weight excluding hydrogens is 210 g/mol. The second-order valence-electron chi connectivity index (χ2n) is 4.87. The highest BCUT2D eigenvalue weighted by atomic mass is 16.3. The molecule has 0 aliphatic heterocycles. The number of aromatic nitrogens is 1. The Hall–Kier alpha value is -0.890. The predicted octanol–water partition coefficient (Wildman–Crippen LogP) is 4.03. The minimum Gasteiger partial charge on any atom is -0.387 e. The van der Waals surface area contributed by atoms with Crippen LogP contribution in [-0.2, 0) is 0 Å². The Balaban J connectivity index is 2.58. The van der Waals surface area contributed by atoms with Crippen LogP contribution in [0.1, 0.15) is 63.3 Å². The molecular formula is C15H25NO. The van der Waals surface area contributed by atoms with Gasteiger partial charge in [-0.1, -0.05) is 45.6 Å². The molecule has 1 aromatic rings. The summed E-state index contributed by atoms with van der Waals surface area (Å²) in [5.74, 6) is 0.617. The van der Waals surface area contributed by atoms with E-state index in [1.165, 1.54) is 19.3 Å². The van der Waals surface area contributed by atoms with Gasteiger partial charge < -0.3 is 5.11 Å². The molecule has 0 aromatic carbocycles. The van der Waals surface area contributed by atoms with Gasteiger partial charge >= 0.3 is 0 Å². The fourth-order valence-electron chi connectivity index (χ4n) is 2.26. The van der Waals surface area contributed by atoms with Crippen molar-refractivity contribution in [2.75, 3.05) is 0 Å². The number of pyridine rings is 1. The molecule has 0 bridgehead atoms. The molecule has 0 aliphatic carbocycles. The van der Waals surface area contributed by atoms with Gasteiger partial charge in [0.15, 0.2) is 0 Å². The Bertz CT molecular complexity index is 324. The highest BCUT2D eigenvalue weighted by molar-refractivity contribution is 5.19. The van der Waals surface area contributed by atoms with E-state index in [-0.39, 0.29) is 0 Å². The van der Waals surface area contributed by atoms with E-state index in [0.717, 1.165) is 24.1 Å². The minimum atomic E-state index is -0.405. The summed E-state index contributed by atoms with van der Waals surface area (Å²) >= 11 is 0. The van der Waals surface area contributed by atoms with E-state index in [4.69, 9.17) is 0 Å².